The summed E-state index contributed by atoms with van der Waals surface area (Å²) in [6.45, 7) is 7.68. The zero-order chi connectivity index (χ0) is 14.4. The minimum absolute atomic E-state index is 0.154. The van der Waals surface area contributed by atoms with Gasteiger partial charge in [-0.2, -0.15) is 0 Å². The number of anilines is 1. The van der Waals surface area contributed by atoms with Gasteiger partial charge in [-0.15, -0.1) is 0 Å². The molecule has 102 valence electrons. The highest BCUT2D eigenvalue weighted by atomic mass is 16.7. The van der Waals surface area contributed by atoms with Gasteiger partial charge in [0.05, 0.1) is 22.4 Å². The predicted molar refractivity (Wildman–Crippen MR) is 72.9 cm³/mol. The number of pyridine rings is 1. The number of hydrogen-bond donors (Lipinski definition) is 2. The number of nitrogens with two attached hydrogens (primary N) is 2. The van der Waals surface area contributed by atoms with Crippen molar-refractivity contribution in [2.75, 3.05) is 5.73 Å². The van der Waals surface area contributed by atoms with Crippen LogP contribution in [0.15, 0.2) is 12.3 Å². The van der Waals surface area contributed by atoms with E-state index in [4.69, 9.17) is 20.8 Å². The van der Waals surface area contributed by atoms with Crippen molar-refractivity contribution < 1.29 is 14.1 Å². The zero-order valence-corrected chi connectivity index (χ0v) is 11.6. The van der Waals surface area contributed by atoms with Crippen LogP contribution in [0.25, 0.3) is 0 Å². The van der Waals surface area contributed by atoms with Crippen LogP contribution in [-0.4, -0.2) is 29.2 Å². The molecule has 0 atom stereocenters. The van der Waals surface area contributed by atoms with Crippen molar-refractivity contribution in [1.29, 1.82) is 0 Å². The molecule has 1 aliphatic heterocycles. The lowest BCUT2D eigenvalue weighted by atomic mass is 9.80. The van der Waals surface area contributed by atoms with E-state index in [-0.39, 0.29) is 11.3 Å². The summed E-state index contributed by atoms with van der Waals surface area (Å²) < 4.78 is 11.7. The van der Waals surface area contributed by atoms with Crippen LogP contribution in [0.4, 0.5) is 5.69 Å². The quantitative estimate of drug-likeness (QED) is 0.735. The first kappa shape index (κ1) is 13.8. The van der Waals surface area contributed by atoms with E-state index in [1.807, 2.05) is 27.7 Å². The Balaban J connectivity index is 2.46. The standard InChI is InChI=1S/C12H18BN3O3/c1-11(2)12(3,4)19-13(18-11)9-8(10(15)17)7(14)5-6-16-9/h5-6H,1-4H3,(H2,14,16)(H2,15,17). The van der Waals surface area contributed by atoms with Crippen LogP contribution in [0.3, 0.4) is 0 Å². The molecule has 1 aromatic rings. The Labute approximate surface area is 112 Å². The van der Waals surface area contributed by atoms with Crippen molar-refractivity contribution in [3.8, 4) is 0 Å². The number of aromatic nitrogens is 1. The first-order chi connectivity index (χ1) is 8.66. The van der Waals surface area contributed by atoms with E-state index < -0.39 is 24.2 Å². The molecule has 2 rings (SSSR count). The SMILES string of the molecule is CC1(C)OB(c2nccc(N)c2C(N)=O)OC1(C)C. The topological polar surface area (TPSA) is 100 Å². The van der Waals surface area contributed by atoms with E-state index in [9.17, 15) is 4.79 Å². The lowest BCUT2D eigenvalue weighted by molar-refractivity contribution is 0.00578. The molecule has 0 aromatic carbocycles. The number of amides is 1. The Morgan fingerprint density at radius 2 is 1.79 bits per heavy atom. The lowest BCUT2D eigenvalue weighted by Crippen LogP contribution is -2.42. The molecule has 1 aliphatic rings. The second kappa shape index (κ2) is 4.21. The summed E-state index contributed by atoms with van der Waals surface area (Å²) in [5.41, 5.74) is 10.8. The van der Waals surface area contributed by atoms with Crippen LogP contribution < -0.4 is 17.1 Å². The summed E-state index contributed by atoms with van der Waals surface area (Å²) in [5, 5.41) is 0. The number of nitrogen functional groups attached to an aromatic ring is 1. The summed E-state index contributed by atoms with van der Waals surface area (Å²) in [4.78, 5) is 15.7. The molecule has 0 bridgehead atoms. The van der Waals surface area contributed by atoms with Crippen molar-refractivity contribution in [3.63, 3.8) is 0 Å². The maximum absolute atomic E-state index is 11.5. The summed E-state index contributed by atoms with van der Waals surface area (Å²) in [7, 11) is -0.754. The molecule has 1 amide bonds. The second-order valence-electron chi connectivity index (χ2n) is 5.61. The third kappa shape index (κ3) is 2.19. The number of carbonyl (C=O) groups excluding carboxylic acids is 1. The lowest BCUT2D eigenvalue weighted by Gasteiger charge is -2.32. The fourth-order valence-corrected chi connectivity index (χ4v) is 1.90. The van der Waals surface area contributed by atoms with Gasteiger partial charge in [-0.1, -0.05) is 0 Å². The molecule has 1 aromatic heterocycles. The van der Waals surface area contributed by atoms with Crippen LogP contribution in [0.1, 0.15) is 38.1 Å². The summed E-state index contributed by atoms with van der Waals surface area (Å²) in [5.74, 6) is -0.643. The van der Waals surface area contributed by atoms with Gasteiger partial charge in [0.1, 0.15) is 0 Å². The Kier molecular flexibility index (Phi) is 3.06. The third-order valence-corrected chi connectivity index (χ3v) is 3.74. The van der Waals surface area contributed by atoms with Gasteiger partial charge in [0.15, 0.2) is 0 Å². The zero-order valence-electron chi connectivity index (χ0n) is 11.6. The van der Waals surface area contributed by atoms with Gasteiger partial charge in [0.25, 0.3) is 5.91 Å². The summed E-state index contributed by atoms with van der Waals surface area (Å²) in [6, 6.07) is 1.52. The van der Waals surface area contributed by atoms with E-state index in [0.29, 0.717) is 5.59 Å². The Hall–Kier alpha value is -1.60. The van der Waals surface area contributed by atoms with Gasteiger partial charge in [-0.3, -0.25) is 9.78 Å². The van der Waals surface area contributed by atoms with E-state index in [0.717, 1.165) is 0 Å². The molecule has 19 heavy (non-hydrogen) atoms. The van der Waals surface area contributed by atoms with Crippen molar-refractivity contribution >= 4 is 24.3 Å². The third-order valence-electron chi connectivity index (χ3n) is 3.74. The molecule has 2 heterocycles. The number of nitrogens with zero attached hydrogens (tertiary/aromatic N) is 1. The molecule has 0 aliphatic carbocycles. The maximum Gasteiger partial charge on any atom is 0.515 e. The molecule has 7 heteroatoms. The van der Waals surface area contributed by atoms with Crippen molar-refractivity contribution in [2.24, 2.45) is 5.73 Å². The van der Waals surface area contributed by atoms with Crippen molar-refractivity contribution in [3.05, 3.63) is 17.8 Å². The average Bonchev–Trinajstić information content (AvgIpc) is 2.47. The van der Waals surface area contributed by atoms with Crippen LogP contribution >= 0.6 is 0 Å². The van der Waals surface area contributed by atoms with Crippen LogP contribution in [0.5, 0.6) is 0 Å². The first-order valence-electron chi connectivity index (χ1n) is 6.05. The monoisotopic (exact) mass is 263 g/mol. The minimum atomic E-state index is -0.754. The van der Waals surface area contributed by atoms with E-state index >= 15 is 0 Å². The smallest absolute Gasteiger partial charge is 0.398 e. The molecule has 1 saturated heterocycles. The number of carbonyl (C=O) groups is 1. The van der Waals surface area contributed by atoms with E-state index in [1.54, 1.807) is 0 Å². The molecule has 0 unspecified atom stereocenters. The van der Waals surface area contributed by atoms with E-state index in [1.165, 1.54) is 12.3 Å². The van der Waals surface area contributed by atoms with E-state index in [2.05, 4.69) is 4.98 Å². The highest BCUT2D eigenvalue weighted by Gasteiger charge is 2.53. The molecule has 6 nitrogen and oxygen atoms in total. The first-order valence-corrected chi connectivity index (χ1v) is 6.05. The summed E-state index contributed by atoms with van der Waals surface area (Å²) in [6.07, 6.45) is 1.50. The van der Waals surface area contributed by atoms with Crippen LogP contribution in [-0.2, 0) is 9.31 Å². The van der Waals surface area contributed by atoms with Crippen LogP contribution in [0.2, 0.25) is 0 Å². The largest absolute Gasteiger partial charge is 0.515 e. The second-order valence-corrected chi connectivity index (χ2v) is 5.61. The van der Waals surface area contributed by atoms with Crippen molar-refractivity contribution in [1.82, 2.24) is 4.98 Å². The molecule has 1 fully saturated rings. The minimum Gasteiger partial charge on any atom is -0.398 e. The van der Waals surface area contributed by atoms with Gasteiger partial charge in [0, 0.05) is 11.9 Å². The summed E-state index contributed by atoms with van der Waals surface area (Å²) >= 11 is 0. The van der Waals surface area contributed by atoms with Gasteiger partial charge < -0.3 is 20.8 Å². The number of primary amides is 1. The number of rotatable bonds is 2. The molecule has 4 N–H and O–H groups in total. The average molecular weight is 263 g/mol. The highest BCUT2D eigenvalue weighted by molar-refractivity contribution is 6.63. The highest BCUT2D eigenvalue weighted by Crippen LogP contribution is 2.36. The van der Waals surface area contributed by atoms with Crippen LogP contribution in [0, 0.1) is 0 Å². The van der Waals surface area contributed by atoms with Crippen molar-refractivity contribution in [2.45, 2.75) is 38.9 Å². The fourth-order valence-electron chi connectivity index (χ4n) is 1.90. The molecular formula is C12H18BN3O3. The molecule has 0 spiro atoms. The van der Waals surface area contributed by atoms with Gasteiger partial charge in [-0.05, 0) is 33.8 Å². The Morgan fingerprint density at radius 3 is 2.26 bits per heavy atom. The predicted octanol–water partition coefficient (Wildman–Crippen LogP) is 0.0619. The maximum atomic E-state index is 11.5. The molecular weight excluding hydrogens is 245 g/mol. The van der Waals surface area contributed by atoms with Gasteiger partial charge in [-0.25, -0.2) is 0 Å². The van der Waals surface area contributed by atoms with Gasteiger partial charge >= 0.3 is 7.12 Å². The Bertz CT molecular complexity index is 515. The Morgan fingerprint density at radius 1 is 1.26 bits per heavy atom. The molecule has 0 saturated carbocycles. The van der Waals surface area contributed by atoms with Gasteiger partial charge in [0.2, 0.25) is 0 Å². The normalized spacial score (nSPS) is 20.5. The molecule has 0 radical (unpaired) electrons. The fraction of sp³-hybridized carbons (Fsp3) is 0.500. The number of hydrogen-bond acceptors (Lipinski definition) is 5.